The van der Waals surface area contributed by atoms with Crippen molar-refractivity contribution in [1.29, 1.82) is 0 Å². The lowest BCUT2D eigenvalue weighted by atomic mass is 9.75. The molecule has 0 aliphatic carbocycles. The van der Waals surface area contributed by atoms with Gasteiger partial charge in [0.1, 0.15) is 0 Å². The molecule has 0 heterocycles. The second-order valence-corrected chi connectivity index (χ2v) is 11.5. The van der Waals surface area contributed by atoms with Crippen molar-refractivity contribution in [2.24, 2.45) is 0 Å². The van der Waals surface area contributed by atoms with Gasteiger partial charge in [0.15, 0.2) is 0 Å². The first-order valence-electron chi connectivity index (χ1n) is 14.0. The predicted octanol–water partition coefficient (Wildman–Crippen LogP) is 10.6. The Morgan fingerprint density at radius 1 is 0.351 bits per heavy atom. The Labute approximate surface area is 225 Å². The van der Waals surface area contributed by atoms with Crippen molar-refractivity contribution < 1.29 is 0 Å². The van der Waals surface area contributed by atoms with Crippen molar-refractivity contribution in [3.8, 4) is 0 Å². The smallest absolute Gasteiger partial charge is 0.0150 e. The first-order chi connectivity index (χ1) is 17.8. The van der Waals surface area contributed by atoms with Gasteiger partial charge in [0.25, 0.3) is 0 Å². The van der Waals surface area contributed by atoms with Gasteiger partial charge in [0.2, 0.25) is 0 Å². The van der Waals surface area contributed by atoms with Gasteiger partial charge in [0, 0.05) is 0 Å². The monoisotopic (exact) mass is 488 g/mol. The third kappa shape index (κ3) is 7.45. The van der Waals surface area contributed by atoms with E-state index in [0.29, 0.717) is 23.7 Å². The number of hydrogen-bond donors (Lipinski definition) is 0. The van der Waals surface area contributed by atoms with E-state index >= 15 is 0 Å². The summed E-state index contributed by atoms with van der Waals surface area (Å²) in [4.78, 5) is 0. The van der Waals surface area contributed by atoms with Gasteiger partial charge in [-0.2, -0.15) is 0 Å². The van der Waals surface area contributed by atoms with Crippen LogP contribution in [0.3, 0.4) is 0 Å². The summed E-state index contributed by atoms with van der Waals surface area (Å²) < 4.78 is 0. The molecule has 37 heavy (non-hydrogen) atoms. The van der Waals surface area contributed by atoms with Gasteiger partial charge in [-0.1, -0.05) is 133 Å². The number of benzene rings is 4. The molecule has 0 spiro atoms. The van der Waals surface area contributed by atoms with Crippen LogP contribution in [0.15, 0.2) is 97.1 Å². The molecule has 0 aromatic heterocycles. The summed E-state index contributed by atoms with van der Waals surface area (Å²) >= 11 is 0. The summed E-state index contributed by atoms with van der Waals surface area (Å²) in [7, 11) is 0. The Morgan fingerprint density at radius 3 is 0.865 bits per heavy atom. The Hall–Kier alpha value is -3.12. The molecule has 192 valence electrons. The number of hydrogen-bond acceptors (Lipinski definition) is 0. The summed E-state index contributed by atoms with van der Waals surface area (Å²) in [6, 6.07) is 36.9. The Balaban J connectivity index is 1.64. The van der Waals surface area contributed by atoms with Crippen molar-refractivity contribution in [2.45, 2.75) is 84.5 Å². The molecule has 0 N–H and O–H groups in total. The summed E-state index contributed by atoms with van der Waals surface area (Å²) in [6.45, 7) is 13.5. The van der Waals surface area contributed by atoms with Crippen molar-refractivity contribution in [2.75, 3.05) is 0 Å². The van der Waals surface area contributed by atoms with E-state index in [1.807, 2.05) is 0 Å². The highest BCUT2D eigenvalue weighted by Gasteiger charge is 2.24. The molecule has 0 aliphatic rings. The van der Waals surface area contributed by atoms with E-state index in [9.17, 15) is 0 Å². The topological polar surface area (TPSA) is 0 Å². The van der Waals surface area contributed by atoms with Gasteiger partial charge in [-0.15, -0.1) is 0 Å². The normalized spacial score (nSPS) is 14.6. The summed E-state index contributed by atoms with van der Waals surface area (Å²) in [5, 5.41) is 0. The highest BCUT2D eigenvalue weighted by Crippen LogP contribution is 2.41. The molecule has 0 fully saturated rings. The second kappa shape index (κ2) is 12.4. The van der Waals surface area contributed by atoms with Gasteiger partial charge < -0.3 is 0 Å². The molecule has 0 saturated heterocycles. The zero-order valence-electron chi connectivity index (χ0n) is 23.7. The van der Waals surface area contributed by atoms with Crippen LogP contribution in [0.25, 0.3) is 0 Å². The molecule has 0 amide bonds. The van der Waals surface area contributed by atoms with Gasteiger partial charge >= 0.3 is 0 Å². The molecule has 0 radical (unpaired) electrons. The van der Waals surface area contributed by atoms with Crippen molar-refractivity contribution in [3.63, 3.8) is 0 Å². The van der Waals surface area contributed by atoms with Crippen LogP contribution in [-0.2, 0) is 0 Å². The quantitative estimate of drug-likeness (QED) is 0.208. The van der Waals surface area contributed by atoms with Crippen molar-refractivity contribution >= 4 is 0 Å². The molecule has 0 aliphatic heterocycles. The summed E-state index contributed by atoms with van der Waals surface area (Å²) in [5.74, 6) is 2.04. The van der Waals surface area contributed by atoms with E-state index < -0.39 is 0 Å². The maximum Gasteiger partial charge on any atom is -0.0150 e. The second-order valence-electron chi connectivity index (χ2n) is 11.5. The number of aryl methyl sites for hydroxylation is 4. The lowest BCUT2D eigenvalue weighted by Gasteiger charge is -2.29. The fraction of sp³-hybridized carbons (Fsp3) is 0.351. The Kier molecular flexibility index (Phi) is 9.04. The molecule has 4 atom stereocenters. The highest BCUT2D eigenvalue weighted by atomic mass is 14.3. The van der Waals surface area contributed by atoms with Crippen molar-refractivity contribution in [3.05, 3.63) is 142 Å². The van der Waals surface area contributed by atoms with Crippen molar-refractivity contribution in [1.82, 2.24) is 0 Å². The zero-order chi connectivity index (χ0) is 26.4. The van der Waals surface area contributed by atoms with Crippen LogP contribution in [0.5, 0.6) is 0 Å². The van der Waals surface area contributed by atoms with Gasteiger partial charge in [-0.25, -0.2) is 0 Å². The first-order valence-corrected chi connectivity index (χ1v) is 14.0. The first kappa shape index (κ1) is 26.9. The SMILES string of the molecule is Cc1ccc(C(C)CC(CC(CC(C)c2ccc(C)cc2)c2ccc(C)cc2)c2ccc(C)cc2)cc1. The standard InChI is InChI=1S/C37H44/c1-26-7-15-32(16-8-26)30(5)23-36(34-19-11-28(3)12-20-34)25-37(35-21-13-29(4)14-22-35)24-31(6)33-17-9-27(2)10-18-33/h7-22,30-31,36-37H,23-25H2,1-6H3. The van der Waals surface area contributed by atoms with E-state index in [1.54, 1.807) is 0 Å². The van der Waals surface area contributed by atoms with Crippen LogP contribution < -0.4 is 0 Å². The van der Waals surface area contributed by atoms with Crippen LogP contribution in [0.1, 0.15) is 101 Å². The third-order valence-electron chi connectivity index (χ3n) is 8.24. The average Bonchev–Trinajstić information content (AvgIpc) is 2.89. The van der Waals surface area contributed by atoms with E-state index in [0.717, 1.165) is 12.8 Å². The van der Waals surface area contributed by atoms with E-state index in [-0.39, 0.29) is 0 Å². The molecule has 4 unspecified atom stereocenters. The largest absolute Gasteiger partial charge is 0.0590 e. The molecule has 0 saturated carbocycles. The van der Waals surface area contributed by atoms with Crippen LogP contribution in [0.2, 0.25) is 0 Å². The average molecular weight is 489 g/mol. The van der Waals surface area contributed by atoms with Gasteiger partial charge in [-0.05, 0) is 92.9 Å². The lowest BCUT2D eigenvalue weighted by molar-refractivity contribution is 0.440. The molecule has 0 heteroatoms. The zero-order valence-corrected chi connectivity index (χ0v) is 23.7. The highest BCUT2D eigenvalue weighted by molar-refractivity contribution is 5.31. The Bertz CT molecular complexity index is 1130. The maximum atomic E-state index is 2.40. The summed E-state index contributed by atoms with van der Waals surface area (Å²) in [5.41, 5.74) is 11.2. The van der Waals surface area contributed by atoms with E-state index in [4.69, 9.17) is 0 Å². The molecule has 4 aromatic rings. The minimum atomic E-state index is 0.508. The molecule has 4 aromatic carbocycles. The molecule has 0 nitrogen and oxygen atoms in total. The molecular formula is C37H44. The Morgan fingerprint density at radius 2 is 0.595 bits per heavy atom. The predicted molar refractivity (Wildman–Crippen MR) is 161 cm³/mol. The van der Waals surface area contributed by atoms with Crippen LogP contribution in [-0.4, -0.2) is 0 Å². The lowest BCUT2D eigenvalue weighted by Crippen LogP contribution is -2.12. The van der Waals surface area contributed by atoms with Crippen LogP contribution in [0, 0.1) is 27.7 Å². The molecule has 0 bridgehead atoms. The van der Waals surface area contributed by atoms with E-state index in [1.165, 1.54) is 50.9 Å². The third-order valence-corrected chi connectivity index (χ3v) is 8.24. The van der Waals surface area contributed by atoms with Gasteiger partial charge in [0.05, 0.1) is 0 Å². The van der Waals surface area contributed by atoms with E-state index in [2.05, 4.69) is 139 Å². The van der Waals surface area contributed by atoms with Crippen LogP contribution >= 0.6 is 0 Å². The fourth-order valence-corrected chi connectivity index (χ4v) is 5.67. The molecule has 4 rings (SSSR count). The molecular weight excluding hydrogens is 444 g/mol. The summed E-state index contributed by atoms with van der Waals surface area (Å²) in [6.07, 6.45) is 3.49. The van der Waals surface area contributed by atoms with Gasteiger partial charge in [-0.3, -0.25) is 0 Å². The maximum absolute atomic E-state index is 2.40. The van der Waals surface area contributed by atoms with Crippen LogP contribution in [0.4, 0.5) is 0 Å². The number of rotatable bonds is 10. The fourth-order valence-electron chi connectivity index (χ4n) is 5.67. The minimum Gasteiger partial charge on any atom is -0.0590 e. The minimum absolute atomic E-state index is 0.508.